The van der Waals surface area contributed by atoms with Crippen molar-refractivity contribution < 1.29 is 14.5 Å². The smallest absolute Gasteiger partial charge is 0.296 e. The molecule has 0 aliphatic carbocycles. The van der Waals surface area contributed by atoms with Gasteiger partial charge in [0.15, 0.2) is 12.4 Å². The Hall–Kier alpha value is -2.39. The second kappa shape index (κ2) is 5.91. The van der Waals surface area contributed by atoms with Gasteiger partial charge in [-0.15, -0.1) is 0 Å². The van der Waals surface area contributed by atoms with E-state index in [1.807, 2.05) is 0 Å². The van der Waals surface area contributed by atoms with E-state index in [1.165, 1.54) is 6.07 Å². The highest BCUT2D eigenvalue weighted by Gasteiger charge is 2.32. The second-order valence-corrected chi connectivity index (χ2v) is 6.33. The van der Waals surface area contributed by atoms with Gasteiger partial charge in [-0.1, -0.05) is 0 Å². The second-order valence-electron chi connectivity index (χ2n) is 6.33. The number of nitrogens with one attached hydrogen (secondary N) is 2. The zero-order chi connectivity index (χ0) is 16.7. The Labute approximate surface area is 138 Å². The molecule has 1 amide bonds. The van der Waals surface area contributed by atoms with Crippen LogP contribution in [0, 0.1) is 10.1 Å². The fourth-order valence-corrected chi connectivity index (χ4v) is 3.55. The Kier molecular flexibility index (Phi) is 3.73. The first-order chi connectivity index (χ1) is 11.6. The van der Waals surface area contributed by atoms with Crippen molar-refractivity contribution in [2.24, 2.45) is 0 Å². The summed E-state index contributed by atoms with van der Waals surface area (Å²) in [6.45, 7) is 5.77. The van der Waals surface area contributed by atoms with E-state index in [0.29, 0.717) is 29.7 Å². The van der Waals surface area contributed by atoms with E-state index in [0.717, 1.165) is 32.7 Å². The summed E-state index contributed by atoms with van der Waals surface area (Å²) in [6, 6.07) is 3.30. The van der Waals surface area contributed by atoms with Crippen LogP contribution in [0.5, 0.6) is 5.75 Å². The molecule has 0 spiro atoms. The first-order valence-corrected chi connectivity index (χ1v) is 8.05. The van der Waals surface area contributed by atoms with Crippen molar-refractivity contribution >= 4 is 23.0 Å². The molecule has 1 atom stereocenters. The Bertz CT molecular complexity index is 687. The molecule has 0 aromatic heterocycles. The molecule has 0 radical (unpaired) electrons. The van der Waals surface area contributed by atoms with Crippen LogP contribution in [0.25, 0.3) is 0 Å². The van der Waals surface area contributed by atoms with Crippen LogP contribution in [0.1, 0.15) is 0 Å². The molecule has 3 fully saturated rings. The van der Waals surface area contributed by atoms with Gasteiger partial charge in [0.2, 0.25) is 0 Å². The van der Waals surface area contributed by atoms with Crippen molar-refractivity contribution in [2.45, 2.75) is 6.04 Å². The molecule has 3 saturated heterocycles. The van der Waals surface area contributed by atoms with Gasteiger partial charge < -0.3 is 15.4 Å². The van der Waals surface area contributed by atoms with Crippen LogP contribution in [-0.4, -0.2) is 72.5 Å². The number of amides is 1. The molecule has 9 heteroatoms. The number of rotatable bonds is 4. The minimum Gasteiger partial charge on any atom is -0.481 e. The molecule has 1 unspecified atom stereocenters. The minimum atomic E-state index is -0.431. The van der Waals surface area contributed by atoms with Gasteiger partial charge in [0.05, 0.1) is 16.7 Å². The molecule has 4 heterocycles. The molecular weight excluding hydrogens is 314 g/mol. The van der Waals surface area contributed by atoms with Gasteiger partial charge in [-0.05, 0) is 6.07 Å². The number of fused-ring (bicyclic) bond motifs is 4. The van der Waals surface area contributed by atoms with Gasteiger partial charge in [0.25, 0.3) is 11.6 Å². The van der Waals surface area contributed by atoms with E-state index in [9.17, 15) is 14.9 Å². The zero-order valence-corrected chi connectivity index (χ0v) is 13.2. The minimum absolute atomic E-state index is 0.0406. The third-order valence-corrected chi connectivity index (χ3v) is 4.85. The Morgan fingerprint density at radius 1 is 1.33 bits per heavy atom. The number of nitro groups is 1. The molecular formula is C15H19N5O4. The average Bonchev–Trinajstić information content (AvgIpc) is 2.60. The lowest BCUT2D eigenvalue weighted by molar-refractivity contribution is -0.384. The van der Waals surface area contributed by atoms with Crippen molar-refractivity contribution in [2.75, 3.05) is 56.5 Å². The lowest BCUT2D eigenvalue weighted by atomic mass is 10.1. The molecule has 24 heavy (non-hydrogen) atoms. The lowest BCUT2D eigenvalue weighted by Crippen LogP contribution is -2.62. The molecule has 2 N–H and O–H groups in total. The van der Waals surface area contributed by atoms with Crippen LogP contribution in [0.2, 0.25) is 0 Å². The molecule has 1 aromatic carbocycles. The fourth-order valence-electron chi connectivity index (χ4n) is 3.55. The number of piperazine rings is 3. The number of carbonyl (C=O) groups excluding carboxylic acids is 1. The van der Waals surface area contributed by atoms with Gasteiger partial charge in [0.1, 0.15) is 5.69 Å². The number of carbonyl (C=O) groups is 1. The number of nitrogens with zero attached hydrogens (tertiary/aromatic N) is 3. The summed E-state index contributed by atoms with van der Waals surface area (Å²) in [5.41, 5.74) is 0.831. The van der Waals surface area contributed by atoms with Crippen molar-refractivity contribution in [1.82, 2.24) is 9.80 Å². The summed E-state index contributed by atoms with van der Waals surface area (Å²) in [4.78, 5) is 27.2. The topological polar surface area (TPSA) is 100.0 Å². The zero-order valence-electron chi connectivity index (χ0n) is 13.2. The third kappa shape index (κ3) is 2.76. The molecule has 1 aromatic rings. The maximum atomic E-state index is 11.4. The largest absolute Gasteiger partial charge is 0.481 e. The Morgan fingerprint density at radius 3 is 2.79 bits per heavy atom. The van der Waals surface area contributed by atoms with Gasteiger partial charge in [0, 0.05) is 45.3 Å². The molecule has 4 aliphatic heterocycles. The lowest BCUT2D eigenvalue weighted by Gasteiger charge is -2.47. The summed E-state index contributed by atoms with van der Waals surface area (Å²) in [5.74, 6) is 0.0734. The highest BCUT2D eigenvalue weighted by Crippen LogP contribution is 2.37. The molecule has 4 aliphatic rings. The summed E-state index contributed by atoms with van der Waals surface area (Å²) in [5, 5.41) is 17.2. The summed E-state index contributed by atoms with van der Waals surface area (Å²) < 4.78 is 5.26. The van der Waals surface area contributed by atoms with Gasteiger partial charge >= 0.3 is 0 Å². The standard InChI is InChI=1S/C15H19N5O4/c21-15-9-24-14-6-13(20(22)23)11(5-12(14)17-15)16-7-10-8-18-1-3-19(10)4-2-18/h5-6,10,16H,1-4,7-9H2,(H,17,21). The van der Waals surface area contributed by atoms with E-state index >= 15 is 0 Å². The van der Waals surface area contributed by atoms with E-state index in [-0.39, 0.29) is 18.2 Å². The summed E-state index contributed by atoms with van der Waals surface area (Å²) in [6.07, 6.45) is 0. The van der Waals surface area contributed by atoms with E-state index in [4.69, 9.17) is 4.74 Å². The van der Waals surface area contributed by atoms with Crippen molar-refractivity contribution in [3.63, 3.8) is 0 Å². The molecule has 128 valence electrons. The number of anilines is 2. The van der Waals surface area contributed by atoms with E-state index in [1.54, 1.807) is 6.07 Å². The maximum Gasteiger partial charge on any atom is 0.296 e. The van der Waals surface area contributed by atoms with Gasteiger partial charge in [-0.2, -0.15) is 0 Å². The van der Waals surface area contributed by atoms with E-state index < -0.39 is 4.92 Å². The SMILES string of the molecule is O=C1COc2cc([N+](=O)[O-])c(NCC3CN4CCN3CC4)cc2N1. The van der Waals surface area contributed by atoms with Crippen LogP contribution >= 0.6 is 0 Å². The summed E-state index contributed by atoms with van der Waals surface area (Å²) >= 11 is 0. The van der Waals surface area contributed by atoms with Crippen molar-refractivity contribution in [1.29, 1.82) is 0 Å². The predicted octanol–water partition coefficient (Wildman–Crippen LogP) is 0.337. The quantitative estimate of drug-likeness (QED) is 0.605. The fraction of sp³-hybridized carbons (Fsp3) is 0.533. The number of ether oxygens (including phenoxy) is 1. The third-order valence-electron chi connectivity index (χ3n) is 4.85. The number of hydrogen-bond acceptors (Lipinski definition) is 7. The first kappa shape index (κ1) is 15.2. The molecule has 9 nitrogen and oxygen atoms in total. The number of benzene rings is 1. The molecule has 5 rings (SSSR count). The molecule has 0 saturated carbocycles. The van der Waals surface area contributed by atoms with Crippen molar-refractivity contribution in [3.8, 4) is 5.75 Å². The average molecular weight is 333 g/mol. The van der Waals surface area contributed by atoms with Crippen LogP contribution in [0.3, 0.4) is 0 Å². The monoisotopic (exact) mass is 333 g/mol. The number of hydrogen-bond donors (Lipinski definition) is 2. The van der Waals surface area contributed by atoms with Crippen molar-refractivity contribution in [3.05, 3.63) is 22.2 Å². The van der Waals surface area contributed by atoms with E-state index in [2.05, 4.69) is 20.4 Å². The molecule has 2 bridgehead atoms. The highest BCUT2D eigenvalue weighted by molar-refractivity contribution is 5.96. The number of nitro benzene ring substituents is 1. The van der Waals surface area contributed by atoms with Crippen LogP contribution in [-0.2, 0) is 4.79 Å². The predicted molar refractivity (Wildman–Crippen MR) is 87.5 cm³/mol. The normalized spacial score (nSPS) is 27.8. The van der Waals surface area contributed by atoms with Crippen LogP contribution < -0.4 is 15.4 Å². The maximum absolute atomic E-state index is 11.4. The van der Waals surface area contributed by atoms with Gasteiger partial charge in [-0.3, -0.25) is 24.7 Å². The van der Waals surface area contributed by atoms with Crippen LogP contribution in [0.4, 0.5) is 17.1 Å². The Balaban J connectivity index is 1.54. The van der Waals surface area contributed by atoms with Crippen LogP contribution in [0.15, 0.2) is 12.1 Å². The van der Waals surface area contributed by atoms with Gasteiger partial charge in [-0.25, -0.2) is 0 Å². The first-order valence-electron chi connectivity index (χ1n) is 8.05. The Morgan fingerprint density at radius 2 is 2.12 bits per heavy atom. The highest BCUT2D eigenvalue weighted by atomic mass is 16.6. The summed E-state index contributed by atoms with van der Waals surface area (Å²) in [7, 11) is 0.